The highest BCUT2D eigenvalue weighted by Gasteiger charge is 2.42. The zero-order valence-corrected chi connectivity index (χ0v) is 26.0. The number of carboxylic acids is 1. The summed E-state index contributed by atoms with van der Waals surface area (Å²) in [5.41, 5.74) is -5.80. The molecule has 1 aliphatic rings. The highest BCUT2D eigenvalue weighted by Crippen LogP contribution is 2.36. The lowest BCUT2D eigenvalue weighted by atomic mass is 9.98. The molecule has 0 spiro atoms. The number of halogens is 7. The molecule has 2 aromatic heterocycles. The van der Waals surface area contributed by atoms with E-state index in [0.29, 0.717) is 0 Å². The Morgan fingerprint density at radius 2 is 1.58 bits per heavy atom. The fourth-order valence-electron chi connectivity index (χ4n) is 4.28. The number of nitrogens with one attached hydrogen (secondary N) is 1. The summed E-state index contributed by atoms with van der Waals surface area (Å²) in [5, 5.41) is 26.4. The zero-order valence-electron chi connectivity index (χ0n) is 25.1. The number of benzene rings is 1. The van der Waals surface area contributed by atoms with Crippen molar-refractivity contribution in [1.29, 1.82) is 10.5 Å². The summed E-state index contributed by atoms with van der Waals surface area (Å²) in [6.07, 6.45) is -9.17. The minimum atomic E-state index is -5.03. The zero-order chi connectivity index (χ0) is 37.6. The number of ether oxygens (including phenoxy) is 1. The average molecular weight is 731 g/mol. The first-order valence-electron chi connectivity index (χ1n) is 13.6. The van der Waals surface area contributed by atoms with Gasteiger partial charge in [0.25, 0.3) is 0 Å². The minimum absolute atomic E-state index is 0.188. The van der Waals surface area contributed by atoms with E-state index in [-0.39, 0.29) is 30.8 Å². The number of carboxylic acid groups (broad SMARTS) is 1. The van der Waals surface area contributed by atoms with Crippen molar-refractivity contribution in [2.75, 3.05) is 24.6 Å². The molecule has 264 valence electrons. The molecule has 0 atom stereocenters. The molecule has 1 aromatic carbocycles. The highest BCUT2D eigenvalue weighted by atomic mass is 32.2. The lowest BCUT2D eigenvalue weighted by Crippen LogP contribution is -2.55. The highest BCUT2D eigenvalue weighted by molar-refractivity contribution is 7.89. The molecule has 2 N–H and O–H groups in total. The van der Waals surface area contributed by atoms with Crippen LogP contribution in [-0.4, -0.2) is 61.0 Å². The maximum atomic E-state index is 13.5. The number of alkyl halides is 6. The van der Waals surface area contributed by atoms with Gasteiger partial charge in [-0.25, -0.2) is 27.4 Å². The number of nitrogens with zero attached hydrogens (tertiary/aromatic N) is 5. The Kier molecular flexibility index (Phi) is 11.7. The van der Waals surface area contributed by atoms with Gasteiger partial charge >= 0.3 is 24.3 Å². The molecule has 0 saturated carbocycles. The number of sulfonamides is 1. The van der Waals surface area contributed by atoms with Crippen LogP contribution in [0.3, 0.4) is 0 Å². The predicted molar refractivity (Wildman–Crippen MR) is 154 cm³/mol. The van der Waals surface area contributed by atoms with E-state index in [1.54, 1.807) is 6.07 Å². The first kappa shape index (κ1) is 38.6. The molecule has 0 aliphatic carbocycles. The van der Waals surface area contributed by atoms with E-state index in [1.807, 2.05) is 4.72 Å². The average Bonchev–Trinajstić information content (AvgIpc) is 2.99. The second kappa shape index (κ2) is 15.2. The molecule has 3 aromatic rings. The van der Waals surface area contributed by atoms with Crippen molar-refractivity contribution in [3.8, 4) is 12.1 Å². The smallest absolute Gasteiger partial charge is 0.434 e. The Hall–Kier alpha value is -5.83. The van der Waals surface area contributed by atoms with Gasteiger partial charge in [0, 0.05) is 19.3 Å². The van der Waals surface area contributed by atoms with Crippen molar-refractivity contribution in [3.05, 3.63) is 87.6 Å². The monoisotopic (exact) mass is 730 g/mol. The number of carbonyl (C=O) groups is 3. The van der Waals surface area contributed by atoms with Crippen LogP contribution >= 0.6 is 0 Å². The van der Waals surface area contributed by atoms with Crippen molar-refractivity contribution >= 4 is 33.7 Å². The molecule has 21 heteroatoms. The molecule has 13 nitrogen and oxygen atoms in total. The summed E-state index contributed by atoms with van der Waals surface area (Å²) >= 11 is 0. The first-order chi connectivity index (χ1) is 23.2. The van der Waals surface area contributed by atoms with Crippen LogP contribution in [0, 0.1) is 34.4 Å². The largest absolute Gasteiger partial charge is 0.478 e. The molecule has 1 saturated heterocycles. The summed E-state index contributed by atoms with van der Waals surface area (Å²) in [6.45, 7) is 0.793. The van der Waals surface area contributed by atoms with Gasteiger partial charge in [0.15, 0.2) is 11.4 Å². The van der Waals surface area contributed by atoms with Gasteiger partial charge < -0.3 is 14.7 Å². The van der Waals surface area contributed by atoms with Gasteiger partial charge in [-0.15, -0.1) is 0 Å². The van der Waals surface area contributed by atoms with E-state index in [1.165, 1.54) is 30.0 Å². The van der Waals surface area contributed by atoms with E-state index in [4.69, 9.17) is 10.4 Å². The third-order valence-electron chi connectivity index (χ3n) is 6.52. The van der Waals surface area contributed by atoms with Crippen LogP contribution in [0.15, 0.2) is 42.6 Å². The third kappa shape index (κ3) is 9.41. The van der Waals surface area contributed by atoms with Gasteiger partial charge in [-0.3, -0.25) is 14.5 Å². The van der Waals surface area contributed by atoms with Gasteiger partial charge in [0.2, 0.25) is 15.9 Å². The van der Waals surface area contributed by atoms with Crippen LogP contribution in [0.4, 0.5) is 36.6 Å². The van der Waals surface area contributed by atoms with Crippen molar-refractivity contribution in [1.82, 2.24) is 14.7 Å². The first-order valence-corrected chi connectivity index (χ1v) is 15.3. The second-order valence-electron chi connectivity index (χ2n) is 10.0. The van der Waals surface area contributed by atoms with Crippen molar-refractivity contribution in [3.63, 3.8) is 0 Å². The molecule has 0 bridgehead atoms. The number of anilines is 1. The Morgan fingerprint density at radius 3 is 2.08 bits per heavy atom. The number of aromatic carboxylic acids is 1. The van der Waals surface area contributed by atoms with Crippen molar-refractivity contribution in [2.45, 2.75) is 25.0 Å². The maximum absolute atomic E-state index is 13.5. The Labute approximate surface area is 277 Å². The van der Waals surface area contributed by atoms with Crippen molar-refractivity contribution < 1.29 is 63.4 Å². The second-order valence-corrected chi connectivity index (χ2v) is 11.8. The number of carbonyl (C=O) groups excluding carboxylic acids is 2. The summed E-state index contributed by atoms with van der Waals surface area (Å²) in [4.78, 5) is 42.5. The van der Waals surface area contributed by atoms with Gasteiger partial charge in [-0.2, -0.15) is 36.9 Å². The quantitative estimate of drug-likeness (QED) is 0.249. The molecule has 0 unspecified atom stereocenters. The Bertz CT molecular complexity index is 1990. The van der Waals surface area contributed by atoms with Crippen LogP contribution in [0.2, 0.25) is 0 Å². The van der Waals surface area contributed by atoms with E-state index in [2.05, 4.69) is 14.7 Å². The molecule has 50 heavy (non-hydrogen) atoms. The van der Waals surface area contributed by atoms with Gasteiger partial charge in [0.05, 0.1) is 35.0 Å². The van der Waals surface area contributed by atoms with E-state index in [9.17, 15) is 58.8 Å². The number of nitriles is 2. The van der Waals surface area contributed by atoms with E-state index >= 15 is 0 Å². The normalized spacial score (nSPS) is 13.1. The molecular weight excluding hydrogens is 709 g/mol. The topological polar surface area (TPSA) is 203 Å². The van der Waals surface area contributed by atoms with Crippen LogP contribution in [0.1, 0.15) is 55.7 Å². The molecule has 1 amide bonds. The Morgan fingerprint density at radius 1 is 1.00 bits per heavy atom. The number of hydrogen-bond acceptors (Lipinski definition) is 11. The van der Waals surface area contributed by atoms with Crippen LogP contribution in [-0.2, 0) is 37.7 Å². The summed E-state index contributed by atoms with van der Waals surface area (Å²) in [5.74, 6) is -6.45. The standard InChI is InChI=1S/C21H18F4N4O5S.C8H3F3N2O2/c1-2-34-20(31)16-7-13(8-26)18(27-17(16)21(23,24)25)29-9-14(10-29)19(30)28-35(32,33)11-12-3-5-15(22)6-4-12;9-8(10,11)6-5(7(14)15)4(3-12)1-2-13-6/h3-7,14H,2,9-11H2,1H3,(H,28,30);1-2H,(H,14,15). The molecule has 1 fully saturated rings. The maximum Gasteiger partial charge on any atom is 0.434 e. The molecule has 3 heterocycles. The molecule has 1 aliphatic heterocycles. The van der Waals surface area contributed by atoms with Crippen LogP contribution in [0.5, 0.6) is 0 Å². The summed E-state index contributed by atoms with van der Waals surface area (Å²) < 4.78 is 121. The van der Waals surface area contributed by atoms with E-state index < -0.39 is 91.6 Å². The van der Waals surface area contributed by atoms with Gasteiger partial charge in [0.1, 0.15) is 29.3 Å². The lowest BCUT2D eigenvalue weighted by molar-refractivity contribution is -0.142. The fourth-order valence-corrected chi connectivity index (χ4v) is 5.46. The number of esters is 1. The molecule has 4 rings (SSSR count). The number of hydrogen-bond donors (Lipinski definition) is 2. The lowest BCUT2D eigenvalue weighted by Gasteiger charge is -2.39. The number of amides is 1. The van der Waals surface area contributed by atoms with Gasteiger partial charge in [-0.1, -0.05) is 12.1 Å². The van der Waals surface area contributed by atoms with E-state index in [0.717, 1.165) is 30.5 Å². The van der Waals surface area contributed by atoms with Crippen LogP contribution in [0.25, 0.3) is 0 Å². The summed E-state index contributed by atoms with van der Waals surface area (Å²) in [6, 6.07) is 9.31. The number of pyridine rings is 2. The SMILES string of the molecule is CCOC(=O)c1cc(C#N)c(N2CC(C(=O)NS(=O)(=O)Cc3ccc(F)cc3)C2)nc1C(F)(F)F.N#Cc1ccnc(C(F)(F)F)c1C(=O)O. The fraction of sp³-hybridized carbons (Fsp3) is 0.276. The van der Waals surface area contributed by atoms with Crippen molar-refractivity contribution in [2.24, 2.45) is 5.92 Å². The predicted octanol–water partition coefficient (Wildman–Crippen LogP) is 4.04. The Balaban J connectivity index is 0.000000376. The molecule has 0 radical (unpaired) electrons. The number of aromatic nitrogens is 2. The molecular formula is C29H21F7N6O7S. The van der Waals surface area contributed by atoms with Crippen LogP contribution < -0.4 is 9.62 Å². The summed E-state index contributed by atoms with van der Waals surface area (Å²) in [7, 11) is -4.12. The van der Waals surface area contributed by atoms with Gasteiger partial charge in [-0.05, 0) is 36.8 Å². The third-order valence-corrected chi connectivity index (χ3v) is 7.74. The number of rotatable bonds is 8. The minimum Gasteiger partial charge on any atom is -0.478 e.